The highest BCUT2D eigenvalue weighted by molar-refractivity contribution is 6.74. The third-order valence-corrected chi connectivity index (χ3v) is 9.66. The van der Waals surface area contributed by atoms with Crippen molar-refractivity contribution in [2.45, 2.75) is 95.2 Å². The van der Waals surface area contributed by atoms with Crippen LogP contribution < -0.4 is 0 Å². The minimum atomic E-state index is -2.61. The Morgan fingerprint density at radius 2 is 1.85 bits per heavy atom. The van der Waals surface area contributed by atoms with Gasteiger partial charge in [0.2, 0.25) is 0 Å². The van der Waals surface area contributed by atoms with Crippen molar-refractivity contribution < 1.29 is 29.3 Å². The first-order chi connectivity index (χ1) is 11.7. The summed E-state index contributed by atoms with van der Waals surface area (Å²) in [6, 6.07) is -1.44. The minimum absolute atomic E-state index is 0.299. The van der Waals surface area contributed by atoms with Gasteiger partial charge in [0.1, 0.15) is 6.10 Å². The third-order valence-electron chi connectivity index (χ3n) is 5.17. The first-order valence-electron chi connectivity index (χ1n) is 8.69. The predicted molar refractivity (Wildman–Crippen MR) is 97.8 cm³/mol. The summed E-state index contributed by atoms with van der Waals surface area (Å²) < 4.78 is 11.6. The summed E-state index contributed by atoms with van der Waals surface area (Å²) in [5.74, 6) is -0.839. The van der Waals surface area contributed by atoms with Crippen LogP contribution in [-0.2, 0) is 14.0 Å². The van der Waals surface area contributed by atoms with E-state index in [0.717, 1.165) is 0 Å². The van der Waals surface area contributed by atoms with E-state index in [1.54, 1.807) is 13.8 Å². The molecule has 0 aliphatic heterocycles. The predicted octanol–water partition coefficient (Wildman–Crippen LogP) is 1.86. The maximum absolute atomic E-state index is 12.9. The number of ether oxygens (including phenoxy) is 1. The number of azide groups is 1. The van der Waals surface area contributed by atoms with Gasteiger partial charge in [0.15, 0.2) is 13.9 Å². The summed E-state index contributed by atoms with van der Waals surface area (Å²) >= 11 is 0. The van der Waals surface area contributed by atoms with Crippen molar-refractivity contribution in [2.75, 3.05) is 0 Å². The molecule has 26 heavy (non-hydrogen) atoms. The molecule has 0 bridgehead atoms. The number of aliphatic hydroxyl groups is 3. The number of carbonyl (C=O) groups excluding carboxylic acids is 1. The fourth-order valence-corrected chi connectivity index (χ4v) is 4.21. The zero-order valence-electron chi connectivity index (χ0n) is 16.5. The zero-order valence-corrected chi connectivity index (χ0v) is 17.5. The standard InChI is InChI=1S/C16H31N3O6Si/c1-9(2)24-14(23)16(25-26(6,7)15(3,4)5)8-10(20)12(21)11(13(16)22)18-19-17/h9-13,20-22H,8H2,1-7H3/t10-,11-,12+,13+,16-/m1/s1. The minimum Gasteiger partial charge on any atom is -0.461 e. The fourth-order valence-electron chi connectivity index (χ4n) is 2.70. The number of rotatable bonds is 5. The highest BCUT2D eigenvalue weighted by Gasteiger charge is 2.61. The number of esters is 1. The molecule has 5 atom stereocenters. The van der Waals surface area contributed by atoms with Gasteiger partial charge in [-0.25, -0.2) is 4.79 Å². The summed E-state index contributed by atoms with van der Waals surface area (Å²) in [7, 11) is -2.61. The first kappa shape index (κ1) is 22.9. The Morgan fingerprint density at radius 3 is 2.27 bits per heavy atom. The molecule has 10 heteroatoms. The van der Waals surface area contributed by atoms with Crippen LogP contribution in [0.15, 0.2) is 5.11 Å². The lowest BCUT2D eigenvalue weighted by Gasteiger charge is -2.51. The van der Waals surface area contributed by atoms with Gasteiger partial charge in [0, 0.05) is 11.3 Å². The lowest BCUT2D eigenvalue weighted by atomic mass is 9.76. The third kappa shape index (κ3) is 4.38. The van der Waals surface area contributed by atoms with Crippen molar-refractivity contribution in [1.29, 1.82) is 0 Å². The van der Waals surface area contributed by atoms with Gasteiger partial charge in [-0.05, 0) is 37.5 Å². The van der Waals surface area contributed by atoms with E-state index in [1.807, 2.05) is 33.9 Å². The quantitative estimate of drug-likeness (QED) is 0.215. The van der Waals surface area contributed by atoms with Crippen molar-refractivity contribution in [3.8, 4) is 0 Å². The molecule has 0 aromatic rings. The summed E-state index contributed by atoms with van der Waals surface area (Å²) in [4.78, 5) is 15.6. The molecule has 0 saturated heterocycles. The van der Waals surface area contributed by atoms with Gasteiger partial charge < -0.3 is 24.5 Å². The van der Waals surface area contributed by atoms with Crippen LogP contribution in [0.5, 0.6) is 0 Å². The smallest absolute Gasteiger partial charge is 0.340 e. The molecule has 0 unspecified atom stereocenters. The first-order valence-corrected chi connectivity index (χ1v) is 11.6. The Balaban J connectivity index is 3.49. The van der Waals surface area contributed by atoms with Crippen LogP contribution >= 0.6 is 0 Å². The van der Waals surface area contributed by atoms with Crippen molar-refractivity contribution in [3.63, 3.8) is 0 Å². The molecule has 9 nitrogen and oxygen atoms in total. The van der Waals surface area contributed by atoms with Crippen molar-refractivity contribution in [1.82, 2.24) is 0 Å². The van der Waals surface area contributed by atoms with Gasteiger partial charge in [-0.1, -0.05) is 25.9 Å². The molecule has 1 rings (SSSR count). The van der Waals surface area contributed by atoms with E-state index in [0.29, 0.717) is 0 Å². The molecule has 1 aliphatic rings. The molecule has 0 aromatic heterocycles. The molecule has 1 saturated carbocycles. The molecule has 0 amide bonds. The van der Waals surface area contributed by atoms with E-state index >= 15 is 0 Å². The van der Waals surface area contributed by atoms with Crippen LogP contribution in [0.3, 0.4) is 0 Å². The molecule has 0 heterocycles. The van der Waals surface area contributed by atoms with Crippen LogP contribution in [0.2, 0.25) is 18.1 Å². The number of carbonyl (C=O) groups is 1. The molecular formula is C16H31N3O6Si. The van der Waals surface area contributed by atoms with Gasteiger partial charge >= 0.3 is 5.97 Å². The number of hydrogen-bond acceptors (Lipinski definition) is 7. The Morgan fingerprint density at radius 1 is 1.31 bits per heavy atom. The fraction of sp³-hybridized carbons (Fsp3) is 0.938. The maximum atomic E-state index is 12.9. The second kappa shape index (κ2) is 7.83. The molecule has 1 fully saturated rings. The molecule has 150 valence electrons. The number of nitrogens with zero attached hydrogens (tertiary/aromatic N) is 3. The van der Waals surface area contributed by atoms with Crippen LogP contribution in [0.1, 0.15) is 41.0 Å². The number of aliphatic hydroxyl groups excluding tert-OH is 3. The van der Waals surface area contributed by atoms with E-state index in [-0.39, 0.29) is 11.5 Å². The topological polar surface area (TPSA) is 145 Å². The Kier molecular flexibility index (Phi) is 6.89. The molecule has 1 aliphatic carbocycles. The zero-order chi connectivity index (χ0) is 20.5. The lowest BCUT2D eigenvalue weighted by molar-refractivity contribution is -0.204. The summed E-state index contributed by atoms with van der Waals surface area (Å²) in [6.45, 7) is 13.0. The Bertz CT molecular complexity index is 573. The van der Waals surface area contributed by atoms with E-state index in [4.69, 9.17) is 14.7 Å². The molecule has 0 aromatic carbocycles. The summed E-state index contributed by atoms with van der Waals surface area (Å²) in [6.07, 6.45) is -5.42. The summed E-state index contributed by atoms with van der Waals surface area (Å²) in [5, 5.41) is 34.4. The van der Waals surface area contributed by atoms with Gasteiger partial charge in [0.25, 0.3) is 0 Å². The van der Waals surface area contributed by atoms with Crippen LogP contribution in [0, 0.1) is 0 Å². The second-order valence-corrected chi connectivity index (χ2v) is 13.3. The average Bonchev–Trinajstić information content (AvgIpc) is 2.47. The maximum Gasteiger partial charge on any atom is 0.340 e. The highest BCUT2D eigenvalue weighted by Crippen LogP contribution is 2.44. The van der Waals surface area contributed by atoms with E-state index in [2.05, 4.69) is 10.0 Å². The van der Waals surface area contributed by atoms with Gasteiger partial charge in [-0.2, -0.15) is 0 Å². The van der Waals surface area contributed by atoms with E-state index in [9.17, 15) is 20.1 Å². The SMILES string of the molecule is CC(C)OC(=O)[C@@]1(O[Si](C)(C)C(C)(C)C)C[C@@H](O)[C@H](O)[C@@H](N=[N+]=[N-])[C@@H]1O. The number of hydrogen-bond donors (Lipinski definition) is 3. The highest BCUT2D eigenvalue weighted by atomic mass is 28.4. The molecule has 0 radical (unpaired) electrons. The van der Waals surface area contributed by atoms with Gasteiger partial charge in [-0.15, -0.1) is 0 Å². The van der Waals surface area contributed by atoms with Gasteiger partial charge in [-0.3, -0.25) is 0 Å². The van der Waals surface area contributed by atoms with E-state index < -0.39 is 50.3 Å². The largest absolute Gasteiger partial charge is 0.461 e. The van der Waals surface area contributed by atoms with Gasteiger partial charge in [0.05, 0.1) is 24.4 Å². The summed E-state index contributed by atoms with van der Waals surface area (Å²) in [5.41, 5.74) is 6.84. The Labute approximate surface area is 155 Å². The van der Waals surface area contributed by atoms with Crippen molar-refractivity contribution >= 4 is 14.3 Å². The normalized spacial score (nSPS) is 32.9. The van der Waals surface area contributed by atoms with Crippen LogP contribution in [-0.4, -0.2) is 65.7 Å². The lowest BCUT2D eigenvalue weighted by Crippen LogP contribution is -2.69. The van der Waals surface area contributed by atoms with Crippen molar-refractivity contribution in [3.05, 3.63) is 10.4 Å². The van der Waals surface area contributed by atoms with Crippen LogP contribution in [0.25, 0.3) is 10.4 Å². The molecule has 0 spiro atoms. The second-order valence-electron chi connectivity index (χ2n) is 8.61. The monoisotopic (exact) mass is 389 g/mol. The molecule has 3 N–H and O–H groups in total. The molecular weight excluding hydrogens is 358 g/mol. The van der Waals surface area contributed by atoms with Crippen LogP contribution in [0.4, 0.5) is 0 Å². The Hall–Kier alpha value is -1.16. The van der Waals surface area contributed by atoms with E-state index in [1.165, 1.54) is 0 Å². The van der Waals surface area contributed by atoms with Crippen molar-refractivity contribution in [2.24, 2.45) is 5.11 Å². The average molecular weight is 390 g/mol.